The standard InChI is InChI=1S/C12H14N4O/c1-6-5-15(4)10-9(6)14-12-13-7(2)8(3)16(12)11(10)17/h5H,1-4H3,(H,13,14). The maximum Gasteiger partial charge on any atom is 0.283 e. The number of hydrogen-bond acceptors (Lipinski definition) is 2. The molecule has 0 fully saturated rings. The van der Waals surface area contributed by atoms with Crippen molar-refractivity contribution in [1.29, 1.82) is 0 Å². The fourth-order valence-corrected chi connectivity index (χ4v) is 2.34. The maximum absolute atomic E-state index is 12.4. The molecule has 5 heteroatoms. The van der Waals surface area contributed by atoms with Crippen molar-refractivity contribution in [3.63, 3.8) is 0 Å². The summed E-state index contributed by atoms with van der Waals surface area (Å²) in [7, 11) is 1.87. The van der Waals surface area contributed by atoms with Gasteiger partial charge in [0.1, 0.15) is 11.0 Å². The van der Waals surface area contributed by atoms with Gasteiger partial charge in [0.25, 0.3) is 5.56 Å². The fourth-order valence-electron chi connectivity index (χ4n) is 2.34. The second-order valence-corrected chi connectivity index (χ2v) is 4.53. The molecule has 0 aliphatic heterocycles. The van der Waals surface area contributed by atoms with Gasteiger partial charge in [0.2, 0.25) is 5.78 Å². The third kappa shape index (κ3) is 1.13. The fraction of sp³-hybridized carbons (Fsp3) is 0.333. The van der Waals surface area contributed by atoms with E-state index in [9.17, 15) is 4.79 Å². The monoisotopic (exact) mass is 230 g/mol. The van der Waals surface area contributed by atoms with E-state index in [4.69, 9.17) is 0 Å². The summed E-state index contributed by atoms with van der Waals surface area (Å²) >= 11 is 0. The van der Waals surface area contributed by atoms with Crippen LogP contribution in [0.25, 0.3) is 16.8 Å². The van der Waals surface area contributed by atoms with Gasteiger partial charge in [-0.2, -0.15) is 0 Å². The van der Waals surface area contributed by atoms with Crippen molar-refractivity contribution < 1.29 is 0 Å². The molecule has 17 heavy (non-hydrogen) atoms. The van der Waals surface area contributed by atoms with Crippen molar-refractivity contribution in [1.82, 2.24) is 18.9 Å². The van der Waals surface area contributed by atoms with Crippen LogP contribution in [0.4, 0.5) is 0 Å². The molecule has 3 aromatic rings. The molecule has 0 spiro atoms. The zero-order valence-electron chi connectivity index (χ0n) is 10.3. The quantitative estimate of drug-likeness (QED) is 0.635. The van der Waals surface area contributed by atoms with Gasteiger partial charge in [0.15, 0.2) is 0 Å². The van der Waals surface area contributed by atoms with Gasteiger partial charge in [-0.05, 0) is 26.3 Å². The SMILES string of the molecule is Cc1[nH]c2nc3c(C)cn(C)c3c(=O)n2c1C. The molecular formula is C12H14N4O. The number of aromatic amines is 1. The van der Waals surface area contributed by atoms with Crippen LogP contribution in [0.1, 0.15) is 17.0 Å². The number of aromatic nitrogens is 4. The molecule has 3 aromatic heterocycles. The summed E-state index contributed by atoms with van der Waals surface area (Å²) in [6.07, 6.45) is 1.93. The molecule has 0 aromatic carbocycles. The number of H-pyrrole nitrogens is 1. The molecule has 0 saturated heterocycles. The smallest absolute Gasteiger partial charge is 0.283 e. The van der Waals surface area contributed by atoms with Crippen LogP contribution in [0.5, 0.6) is 0 Å². The average molecular weight is 230 g/mol. The van der Waals surface area contributed by atoms with Crippen LogP contribution in [0.3, 0.4) is 0 Å². The predicted molar refractivity (Wildman–Crippen MR) is 66.5 cm³/mol. The minimum Gasteiger partial charge on any atom is -0.344 e. The Hall–Kier alpha value is -2.04. The lowest BCUT2D eigenvalue weighted by atomic mass is 10.3. The highest BCUT2D eigenvalue weighted by atomic mass is 16.1. The molecule has 3 rings (SSSR count). The maximum atomic E-state index is 12.4. The van der Waals surface area contributed by atoms with E-state index in [1.54, 1.807) is 4.40 Å². The van der Waals surface area contributed by atoms with Crippen LogP contribution in [0.2, 0.25) is 0 Å². The van der Waals surface area contributed by atoms with E-state index in [0.717, 1.165) is 22.5 Å². The zero-order chi connectivity index (χ0) is 12.3. The number of nitrogens with zero attached hydrogens (tertiary/aromatic N) is 3. The van der Waals surface area contributed by atoms with Gasteiger partial charge >= 0.3 is 0 Å². The number of rotatable bonds is 0. The highest BCUT2D eigenvalue weighted by Crippen LogP contribution is 2.16. The summed E-state index contributed by atoms with van der Waals surface area (Å²) in [5.74, 6) is 0.617. The van der Waals surface area contributed by atoms with Crippen LogP contribution in [0, 0.1) is 20.8 Å². The largest absolute Gasteiger partial charge is 0.344 e. The molecule has 3 heterocycles. The Morgan fingerprint density at radius 3 is 2.71 bits per heavy atom. The molecule has 0 atom stereocenters. The summed E-state index contributed by atoms with van der Waals surface area (Å²) in [6, 6.07) is 0. The molecule has 0 saturated carbocycles. The van der Waals surface area contributed by atoms with Gasteiger partial charge < -0.3 is 9.55 Å². The molecule has 0 bridgehead atoms. The first-order valence-corrected chi connectivity index (χ1v) is 5.54. The summed E-state index contributed by atoms with van der Waals surface area (Å²) in [5.41, 5.74) is 4.33. The van der Waals surface area contributed by atoms with Crippen molar-refractivity contribution in [3.05, 3.63) is 33.5 Å². The summed E-state index contributed by atoms with van der Waals surface area (Å²) in [6.45, 7) is 5.83. The zero-order valence-corrected chi connectivity index (χ0v) is 10.3. The average Bonchev–Trinajstić information content (AvgIpc) is 2.68. The number of nitrogens with one attached hydrogen (secondary N) is 1. The lowest BCUT2D eigenvalue weighted by molar-refractivity contribution is 0.936. The first-order valence-electron chi connectivity index (χ1n) is 5.54. The normalized spacial score (nSPS) is 11.8. The number of aryl methyl sites for hydroxylation is 4. The first-order chi connectivity index (χ1) is 8.00. The van der Waals surface area contributed by atoms with Gasteiger partial charge in [-0.25, -0.2) is 9.38 Å². The van der Waals surface area contributed by atoms with Crippen molar-refractivity contribution in [2.24, 2.45) is 7.05 Å². The second kappa shape index (κ2) is 3.00. The minimum absolute atomic E-state index is 0.0116. The highest BCUT2D eigenvalue weighted by Gasteiger charge is 2.14. The molecule has 0 radical (unpaired) electrons. The summed E-state index contributed by atoms with van der Waals surface area (Å²) < 4.78 is 3.48. The van der Waals surface area contributed by atoms with E-state index in [2.05, 4.69) is 9.97 Å². The second-order valence-electron chi connectivity index (χ2n) is 4.53. The molecule has 5 nitrogen and oxygen atoms in total. The van der Waals surface area contributed by atoms with E-state index < -0.39 is 0 Å². The van der Waals surface area contributed by atoms with E-state index in [-0.39, 0.29) is 5.56 Å². The van der Waals surface area contributed by atoms with E-state index in [1.807, 2.05) is 38.6 Å². The van der Waals surface area contributed by atoms with E-state index >= 15 is 0 Å². The summed E-state index contributed by atoms with van der Waals surface area (Å²) in [5, 5.41) is 0. The Kier molecular flexibility index (Phi) is 1.79. The van der Waals surface area contributed by atoms with Crippen molar-refractivity contribution >= 4 is 16.8 Å². The Labute approximate surface area is 97.7 Å². The molecule has 88 valence electrons. The van der Waals surface area contributed by atoms with E-state index in [1.165, 1.54) is 0 Å². The third-order valence-electron chi connectivity index (χ3n) is 3.35. The van der Waals surface area contributed by atoms with Gasteiger partial charge in [-0.1, -0.05) is 0 Å². The van der Waals surface area contributed by atoms with Crippen LogP contribution < -0.4 is 5.56 Å². The van der Waals surface area contributed by atoms with Crippen LogP contribution in [0.15, 0.2) is 11.0 Å². The molecule has 0 aliphatic carbocycles. The Morgan fingerprint density at radius 1 is 1.29 bits per heavy atom. The molecular weight excluding hydrogens is 216 g/mol. The van der Waals surface area contributed by atoms with Crippen molar-refractivity contribution in [2.45, 2.75) is 20.8 Å². The number of fused-ring (bicyclic) bond motifs is 2. The molecule has 0 aliphatic rings. The first kappa shape index (κ1) is 10.1. The third-order valence-corrected chi connectivity index (χ3v) is 3.35. The number of hydrogen-bond donors (Lipinski definition) is 1. The number of imidazole rings is 1. The van der Waals surface area contributed by atoms with Gasteiger partial charge in [-0.15, -0.1) is 0 Å². The van der Waals surface area contributed by atoms with Gasteiger partial charge in [0.05, 0.1) is 0 Å². The molecule has 1 N–H and O–H groups in total. The van der Waals surface area contributed by atoms with Gasteiger partial charge in [0, 0.05) is 24.6 Å². The van der Waals surface area contributed by atoms with Crippen molar-refractivity contribution in [3.8, 4) is 0 Å². The van der Waals surface area contributed by atoms with Crippen molar-refractivity contribution in [2.75, 3.05) is 0 Å². The molecule has 0 unspecified atom stereocenters. The topological polar surface area (TPSA) is 55.1 Å². The Morgan fingerprint density at radius 2 is 2.00 bits per heavy atom. The van der Waals surface area contributed by atoms with Crippen LogP contribution in [-0.2, 0) is 7.05 Å². The Bertz CT molecular complexity index is 797. The minimum atomic E-state index is -0.0116. The lowest BCUT2D eigenvalue weighted by Crippen LogP contribution is -2.17. The van der Waals surface area contributed by atoms with E-state index in [0.29, 0.717) is 11.3 Å². The summed E-state index contributed by atoms with van der Waals surface area (Å²) in [4.78, 5) is 20.1. The van der Waals surface area contributed by atoms with Crippen LogP contribution >= 0.6 is 0 Å². The predicted octanol–water partition coefficient (Wildman–Crippen LogP) is 1.44. The lowest BCUT2D eigenvalue weighted by Gasteiger charge is -1.98. The van der Waals surface area contributed by atoms with Crippen LogP contribution in [-0.4, -0.2) is 18.9 Å². The van der Waals surface area contributed by atoms with Gasteiger partial charge in [-0.3, -0.25) is 4.79 Å². The highest BCUT2D eigenvalue weighted by molar-refractivity contribution is 5.80. The molecule has 0 amide bonds. The Balaban J connectivity index is 2.69.